The van der Waals surface area contributed by atoms with Crippen molar-refractivity contribution in [3.05, 3.63) is 59.7 Å². The molecular formula is C18H24N2O. The van der Waals surface area contributed by atoms with E-state index in [-0.39, 0.29) is 0 Å². The lowest BCUT2D eigenvalue weighted by molar-refractivity contribution is 0.326. The molecule has 21 heavy (non-hydrogen) atoms. The van der Waals surface area contributed by atoms with Gasteiger partial charge in [-0.2, -0.15) is 0 Å². The molecule has 2 aromatic rings. The number of hydrogen-bond donors (Lipinski definition) is 1. The van der Waals surface area contributed by atoms with Crippen LogP contribution in [0.4, 0.5) is 5.69 Å². The number of likely N-dealkylation sites (N-methyl/N-ethyl adjacent to an activating group) is 1. The molecule has 0 atom stereocenters. The van der Waals surface area contributed by atoms with Crippen molar-refractivity contribution in [3.63, 3.8) is 0 Å². The van der Waals surface area contributed by atoms with Gasteiger partial charge in [0.2, 0.25) is 0 Å². The summed E-state index contributed by atoms with van der Waals surface area (Å²) in [4.78, 5) is 2.21. The number of nitrogens with zero attached hydrogens (tertiary/aromatic N) is 1. The van der Waals surface area contributed by atoms with Crippen LogP contribution in [0.3, 0.4) is 0 Å². The van der Waals surface area contributed by atoms with Crippen molar-refractivity contribution in [3.8, 4) is 5.75 Å². The Balaban J connectivity index is 1.81. The van der Waals surface area contributed by atoms with Gasteiger partial charge in [0.05, 0.1) is 6.54 Å². The second-order valence-electron chi connectivity index (χ2n) is 5.28. The third-order valence-corrected chi connectivity index (χ3v) is 3.44. The third kappa shape index (κ3) is 4.80. The Bertz CT molecular complexity index is 551. The highest BCUT2D eigenvalue weighted by Crippen LogP contribution is 2.15. The van der Waals surface area contributed by atoms with Crippen LogP contribution in [0, 0.1) is 6.92 Å². The lowest BCUT2D eigenvalue weighted by Crippen LogP contribution is -2.23. The number of nitrogens with one attached hydrogen (secondary N) is 1. The van der Waals surface area contributed by atoms with Gasteiger partial charge in [-0.15, -0.1) is 0 Å². The highest BCUT2D eigenvalue weighted by atomic mass is 16.5. The van der Waals surface area contributed by atoms with E-state index in [1.165, 1.54) is 16.8 Å². The van der Waals surface area contributed by atoms with Crippen molar-refractivity contribution in [2.75, 3.05) is 32.1 Å². The van der Waals surface area contributed by atoms with Crippen molar-refractivity contribution in [1.82, 2.24) is 5.32 Å². The molecule has 0 spiro atoms. The summed E-state index contributed by atoms with van der Waals surface area (Å²) in [5.74, 6) is 0.924. The Labute approximate surface area is 127 Å². The summed E-state index contributed by atoms with van der Waals surface area (Å²) in [5, 5.41) is 3.14. The van der Waals surface area contributed by atoms with Crippen LogP contribution in [0.5, 0.6) is 5.75 Å². The lowest BCUT2D eigenvalue weighted by atomic mass is 10.2. The maximum Gasteiger partial charge on any atom is 0.119 e. The van der Waals surface area contributed by atoms with Crippen LogP contribution in [0.2, 0.25) is 0 Å². The van der Waals surface area contributed by atoms with E-state index in [0.29, 0.717) is 6.61 Å². The number of hydrogen-bond acceptors (Lipinski definition) is 3. The number of benzene rings is 2. The molecule has 0 bridgehead atoms. The van der Waals surface area contributed by atoms with E-state index in [1.54, 1.807) is 0 Å². The van der Waals surface area contributed by atoms with E-state index < -0.39 is 0 Å². The van der Waals surface area contributed by atoms with Crippen molar-refractivity contribution in [1.29, 1.82) is 0 Å². The normalized spacial score (nSPS) is 10.4. The fraction of sp³-hybridized carbons (Fsp3) is 0.333. The van der Waals surface area contributed by atoms with Crippen LogP contribution in [-0.4, -0.2) is 27.2 Å². The third-order valence-electron chi connectivity index (χ3n) is 3.44. The molecule has 0 radical (unpaired) electrons. The van der Waals surface area contributed by atoms with Gasteiger partial charge in [-0.05, 0) is 49.4 Å². The molecular weight excluding hydrogens is 260 g/mol. The van der Waals surface area contributed by atoms with Crippen LogP contribution >= 0.6 is 0 Å². The van der Waals surface area contributed by atoms with Gasteiger partial charge in [-0.1, -0.05) is 24.3 Å². The van der Waals surface area contributed by atoms with Crippen LogP contribution < -0.4 is 15.0 Å². The molecule has 0 fully saturated rings. The van der Waals surface area contributed by atoms with Gasteiger partial charge in [0.15, 0.2) is 0 Å². The predicted octanol–water partition coefficient (Wildman–Crippen LogP) is 3.23. The summed E-state index contributed by atoms with van der Waals surface area (Å²) in [5.41, 5.74) is 3.77. The molecule has 0 aliphatic heterocycles. The molecule has 2 aromatic carbocycles. The van der Waals surface area contributed by atoms with Crippen molar-refractivity contribution in [2.45, 2.75) is 13.5 Å². The zero-order valence-electron chi connectivity index (χ0n) is 13.1. The minimum absolute atomic E-state index is 0.676. The molecule has 2 rings (SSSR count). The molecule has 0 saturated carbocycles. The monoisotopic (exact) mass is 284 g/mol. The summed E-state index contributed by atoms with van der Waals surface area (Å²) in [6, 6.07) is 16.8. The van der Waals surface area contributed by atoms with Gasteiger partial charge in [0.25, 0.3) is 0 Å². The van der Waals surface area contributed by atoms with Gasteiger partial charge in [0.1, 0.15) is 12.4 Å². The highest BCUT2D eigenvalue weighted by molar-refractivity contribution is 5.47. The molecule has 3 heteroatoms. The predicted molar refractivity (Wildman–Crippen MR) is 89.1 cm³/mol. The standard InChI is InChI=1S/C18H24N2O/c1-15-5-4-6-17(13-15)20(3)11-12-21-18-9-7-16(8-10-18)14-19-2/h4-10,13,19H,11-12,14H2,1-3H3. The van der Waals surface area contributed by atoms with Crippen LogP contribution in [0.15, 0.2) is 48.5 Å². The molecule has 0 heterocycles. The van der Waals surface area contributed by atoms with Gasteiger partial charge in [-0.3, -0.25) is 0 Å². The minimum Gasteiger partial charge on any atom is -0.492 e. The van der Waals surface area contributed by atoms with E-state index in [9.17, 15) is 0 Å². The molecule has 0 aliphatic carbocycles. The van der Waals surface area contributed by atoms with Gasteiger partial charge in [0, 0.05) is 19.3 Å². The molecule has 0 aliphatic rings. The van der Waals surface area contributed by atoms with E-state index >= 15 is 0 Å². The Morgan fingerprint density at radius 1 is 1.10 bits per heavy atom. The molecule has 112 valence electrons. The zero-order valence-corrected chi connectivity index (χ0v) is 13.1. The fourth-order valence-electron chi connectivity index (χ4n) is 2.20. The summed E-state index contributed by atoms with van der Waals surface area (Å²) >= 11 is 0. The first-order valence-electron chi connectivity index (χ1n) is 7.33. The molecule has 0 amide bonds. The maximum absolute atomic E-state index is 5.80. The molecule has 0 aromatic heterocycles. The smallest absolute Gasteiger partial charge is 0.119 e. The van der Waals surface area contributed by atoms with Gasteiger partial charge >= 0.3 is 0 Å². The number of aryl methyl sites for hydroxylation is 1. The Hall–Kier alpha value is -2.00. The molecule has 3 nitrogen and oxygen atoms in total. The first-order chi connectivity index (χ1) is 10.2. The number of anilines is 1. The Kier molecular flexibility index (Phi) is 5.64. The quantitative estimate of drug-likeness (QED) is 0.845. The fourth-order valence-corrected chi connectivity index (χ4v) is 2.20. The SMILES string of the molecule is CNCc1ccc(OCCN(C)c2cccc(C)c2)cc1. The van der Waals surface area contributed by atoms with E-state index in [4.69, 9.17) is 4.74 Å². The second-order valence-corrected chi connectivity index (χ2v) is 5.28. The summed E-state index contributed by atoms with van der Waals surface area (Å²) in [7, 11) is 4.04. The number of ether oxygens (including phenoxy) is 1. The van der Waals surface area contributed by atoms with Gasteiger partial charge < -0.3 is 15.0 Å². The molecule has 0 unspecified atom stereocenters. The van der Waals surface area contributed by atoms with Crippen molar-refractivity contribution < 1.29 is 4.74 Å². The van der Waals surface area contributed by atoms with E-state index in [0.717, 1.165) is 18.8 Å². The topological polar surface area (TPSA) is 24.5 Å². The zero-order chi connectivity index (χ0) is 15.1. The Morgan fingerprint density at radius 3 is 2.52 bits per heavy atom. The number of rotatable bonds is 7. The largest absolute Gasteiger partial charge is 0.492 e. The van der Waals surface area contributed by atoms with E-state index in [2.05, 4.69) is 60.6 Å². The van der Waals surface area contributed by atoms with Crippen molar-refractivity contribution >= 4 is 5.69 Å². The Morgan fingerprint density at radius 2 is 1.86 bits per heavy atom. The maximum atomic E-state index is 5.80. The summed E-state index contributed by atoms with van der Waals surface area (Å²) in [6.45, 7) is 4.54. The lowest BCUT2D eigenvalue weighted by Gasteiger charge is -2.20. The second kappa shape index (κ2) is 7.70. The molecule has 1 N–H and O–H groups in total. The van der Waals surface area contributed by atoms with Gasteiger partial charge in [-0.25, -0.2) is 0 Å². The van der Waals surface area contributed by atoms with Crippen LogP contribution in [-0.2, 0) is 6.54 Å². The average Bonchev–Trinajstić information content (AvgIpc) is 2.49. The first kappa shape index (κ1) is 15.4. The first-order valence-corrected chi connectivity index (χ1v) is 7.33. The van der Waals surface area contributed by atoms with Crippen LogP contribution in [0.25, 0.3) is 0 Å². The molecule has 0 saturated heterocycles. The van der Waals surface area contributed by atoms with Crippen LogP contribution in [0.1, 0.15) is 11.1 Å². The highest BCUT2D eigenvalue weighted by Gasteiger charge is 2.01. The summed E-state index contributed by atoms with van der Waals surface area (Å²) < 4.78 is 5.80. The van der Waals surface area contributed by atoms with E-state index in [1.807, 2.05) is 19.2 Å². The summed E-state index contributed by atoms with van der Waals surface area (Å²) in [6.07, 6.45) is 0. The minimum atomic E-state index is 0.676. The average molecular weight is 284 g/mol. The van der Waals surface area contributed by atoms with Crippen molar-refractivity contribution in [2.24, 2.45) is 0 Å².